The number of ether oxygens (including phenoxy) is 1. The van der Waals surface area contributed by atoms with E-state index < -0.39 is 30.7 Å². The normalized spacial score (nSPS) is 20.3. The Labute approximate surface area is 172 Å². The van der Waals surface area contributed by atoms with E-state index in [0.29, 0.717) is 17.2 Å². The van der Waals surface area contributed by atoms with Gasteiger partial charge in [0.2, 0.25) is 5.91 Å². The molecule has 0 bridgehead atoms. The van der Waals surface area contributed by atoms with Crippen LogP contribution in [0.15, 0.2) is 18.2 Å². The zero-order chi connectivity index (χ0) is 21.1. The first-order chi connectivity index (χ1) is 13.8. The topological polar surface area (TPSA) is 106 Å². The van der Waals surface area contributed by atoms with Crippen molar-refractivity contribution < 1.29 is 28.9 Å². The molecular weight excluding hydrogens is 403 g/mol. The fourth-order valence-corrected chi connectivity index (χ4v) is 3.33. The SMILES string of the molecule is CC(=S)NC[C@H]1CN(c2ccc(N3CC(=O)N(CC(O)CO)C3)c(F)c2)C(=O)O1. The number of β-amino-alcohol motifs (C(OH)–C–C–N with tert-alkyl or cyclic N) is 1. The molecule has 2 aliphatic rings. The van der Waals surface area contributed by atoms with Gasteiger partial charge in [0.25, 0.3) is 0 Å². The summed E-state index contributed by atoms with van der Waals surface area (Å²) in [6.07, 6.45) is -2.01. The van der Waals surface area contributed by atoms with Gasteiger partial charge in [0.1, 0.15) is 11.9 Å². The van der Waals surface area contributed by atoms with Gasteiger partial charge >= 0.3 is 6.09 Å². The zero-order valence-corrected chi connectivity index (χ0v) is 16.7. The van der Waals surface area contributed by atoms with Gasteiger partial charge in [-0.15, -0.1) is 0 Å². The number of halogens is 1. The van der Waals surface area contributed by atoms with Gasteiger partial charge in [-0.3, -0.25) is 9.69 Å². The lowest BCUT2D eigenvalue weighted by Gasteiger charge is -2.22. The number of anilines is 2. The van der Waals surface area contributed by atoms with Gasteiger partial charge in [-0.05, 0) is 25.1 Å². The quantitative estimate of drug-likeness (QED) is 0.525. The number of carbonyl (C=O) groups is 2. The van der Waals surface area contributed by atoms with Crippen LogP contribution in [-0.2, 0) is 9.53 Å². The largest absolute Gasteiger partial charge is 0.442 e. The minimum absolute atomic E-state index is 0.0260. The molecule has 2 aliphatic heterocycles. The zero-order valence-electron chi connectivity index (χ0n) is 15.9. The number of rotatable bonds is 7. The van der Waals surface area contributed by atoms with Crippen LogP contribution in [0.1, 0.15) is 6.92 Å². The monoisotopic (exact) mass is 426 g/mol. The number of amides is 2. The van der Waals surface area contributed by atoms with E-state index in [-0.39, 0.29) is 37.9 Å². The van der Waals surface area contributed by atoms with Gasteiger partial charge in [-0.1, -0.05) is 12.2 Å². The molecule has 0 radical (unpaired) electrons. The predicted octanol–water partition coefficient (Wildman–Crippen LogP) is 0.0471. The molecule has 2 saturated heterocycles. The van der Waals surface area contributed by atoms with Gasteiger partial charge in [0.15, 0.2) is 0 Å². The Balaban J connectivity index is 1.67. The molecule has 1 aromatic rings. The van der Waals surface area contributed by atoms with E-state index in [1.54, 1.807) is 13.0 Å². The van der Waals surface area contributed by atoms with Crippen LogP contribution in [0.2, 0.25) is 0 Å². The smallest absolute Gasteiger partial charge is 0.414 e. The van der Waals surface area contributed by atoms with Crippen LogP contribution in [0.25, 0.3) is 0 Å². The van der Waals surface area contributed by atoms with E-state index in [4.69, 9.17) is 22.1 Å². The standard InChI is InChI=1S/C18H23FN4O5S/c1-11(29)20-5-14-7-23(18(27)28-14)12-2-3-16(15(19)4-12)21-8-17(26)22(10-21)6-13(25)9-24/h2-4,13-14,24-25H,5-10H2,1H3,(H,20,29)/t13?,14-/m0/s1. The van der Waals surface area contributed by atoms with Crippen LogP contribution in [0.3, 0.4) is 0 Å². The van der Waals surface area contributed by atoms with E-state index >= 15 is 0 Å². The van der Waals surface area contributed by atoms with Crippen molar-refractivity contribution in [3.05, 3.63) is 24.0 Å². The molecule has 1 aromatic carbocycles. The Morgan fingerprint density at radius 3 is 2.86 bits per heavy atom. The molecule has 0 aliphatic carbocycles. The number of hydrogen-bond acceptors (Lipinski definition) is 7. The summed E-state index contributed by atoms with van der Waals surface area (Å²) in [6.45, 7) is 1.95. The summed E-state index contributed by atoms with van der Waals surface area (Å²) in [5, 5.41) is 21.4. The highest BCUT2D eigenvalue weighted by Gasteiger charge is 2.34. The van der Waals surface area contributed by atoms with E-state index in [2.05, 4.69) is 5.32 Å². The second-order valence-corrected chi connectivity index (χ2v) is 7.59. The van der Waals surface area contributed by atoms with Crippen molar-refractivity contribution >= 4 is 40.6 Å². The van der Waals surface area contributed by atoms with Crippen molar-refractivity contribution in [2.24, 2.45) is 0 Å². The van der Waals surface area contributed by atoms with E-state index in [0.717, 1.165) is 0 Å². The number of aliphatic hydroxyl groups is 2. The first-order valence-corrected chi connectivity index (χ1v) is 9.53. The highest BCUT2D eigenvalue weighted by molar-refractivity contribution is 7.80. The number of thiocarbonyl (C=S) groups is 1. The highest BCUT2D eigenvalue weighted by Crippen LogP contribution is 2.29. The van der Waals surface area contributed by atoms with Crippen LogP contribution in [0.5, 0.6) is 0 Å². The molecule has 9 nitrogen and oxygen atoms in total. The minimum atomic E-state index is -1.04. The summed E-state index contributed by atoms with van der Waals surface area (Å²) in [5.41, 5.74) is 0.570. The maximum Gasteiger partial charge on any atom is 0.414 e. The van der Waals surface area contributed by atoms with Crippen LogP contribution in [0.4, 0.5) is 20.6 Å². The van der Waals surface area contributed by atoms with Gasteiger partial charge in [0.05, 0.1) is 61.9 Å². The lowest BCUT2D eigenvalue weighted by molar-refractivity contribution is -0.128. The van der Waals surface area contributed by atoms with Gasteiger partial charge in [-0.2, -0.15) is 0 Å². The van der Waals surface area contributed by atoms with Crippen molar-refractivity contribution in [2.75, 3.05) is 49.3 Å². The Morgan fingerprint density at radius 2 is 2.21 bits per heavy atom. The minimum Gasteiger partial charge on any atom is -0.442 e. The second kappa shape index (κ2) is 8.89. The van der Waals surface area contributed by atoms with Gasteiger partial charge in [-0.25, -0.2) is 9.18 Å². The number of nitrogens with one attached hydrogen (secondary N) is 1. The molecule has 2 atom stereocenters. The highest BCUT2D eigenvalue weighted by atomic mass is 32.1. The third kappa shape index (κ3) is 4.92. The molecule has 2 heterocycles. The number of aliphatic hydroxyl groups excluding tert-OH is 2. The summed E-state index contributed by atoms with van der Waals surface area (Å²) in [6, 6.07) is 4.33. The van der Waals surface area contributed by atoms with Crippen molar-refractivity contribution in [3.8, 4) is 0 Å². The van der Waals surface area contributed by atoms with Crippen molar-refractivity contribution in [2.45, 2.75) is 19.1 Å². The summed E-state index contributed by atoms with van der Waals surface area (Å²) in [4.78, 5) is 29.0. The van der Waals surface area contributed by atoms with E-state index in [1.165, 1.54) is 26.8 Å². The average molecular weight is 426 g/mol. The van der Waals surface area contributed by atoms with Gasteiger partial charge in [0, 0.05) is 0 Å². The lowest BCUT2D eigenvalue weighted by Crippen LogP contribution is -2.36. The second-order valence-electron chi connectivity index (χ2n) is 6.98. The lowest BCUT2D eigenvalue weighted by atomic mass is 10.2. The van der Waals surface area contributed by atoms with Crippen LogP contribution < -0.4 is 15.1 Å². The molecule has 3 N–H and O–H groups in total. The van der Waals surface area contributed by atoms with Gasteiger partial charge < -0.3 is 30.1 Å². The van der Waals surface area contributed by atoms with Crippen LogP contribution in [0, 0.1) is 5.82 Å². The Kier molecular flexibility index (Phi) is 6.50. The Hall–Kier alpha value is -2.50. The molecule has 1 unspecified atom stereocenters. The number of nitrogens with zero attached hydrogens (tertiary/aromatic N) is 3. The molecule has 3 rings (SSSR count). The molecule has 158 valence electrons. The van der Waals surface area contributed by atoms with Crippen molar-refractivity contribution in [1.82, 2.24) is 10.2 Å². The molecule has 0 spiro atoms. The molecule has 2 fully saturated rings. The molecular formula is C18H23FN4O5S. The molecule has 0 aromatic heterocycles. The first-order valence-electron chi connectivity index (χ1n) is 9.12. The van der Waals surface area contributed by atoms with E-state index in [1.807, 2.05) is 0 Å². The molecule has 0 saturated carbocycles. The predicted molar refractivity (Wildman–Crippen MR) is 107 cm³/mol. The maximum atomic E-state index is 14.7. The summed E-state index contributed by atoms with van der Waals surface area (Å²) in [5.74, 6) is -0.850. The molecule has 11 heteroatoms. The first kappa shape index (κ1) is 21.2. The summed E-state index contributed by atoms with van der Waals surface area (Å²) in [7, 11) is 0. The Bertz CT molecular complexity index is 810. The number of carbonyl (C=O) groups excluding carboxylic acids is 2. The molecule has 29 heavy (non-hydrogen) atoms. The number of hydrogen-bond donors (Lipinski definition) is 3. The van der Waals surface area contributed by atoms with Crippen molar-refractivity contribution in [3.63, 3.8) is 0 Å². The number of cyclic esters (lactones) is 1. The third-order valence-corrected chi connectivity index (χ3v) is 4.84. The fourth-order valence-electron chi connectivity index (χ4n) is 3.25. The fraction of sp³-hybridized carbons (Fsp3) is 0.500. The number of benzene rings is 1. The summed E-state index contributed by atoms with van der Waals surface area (Å²) < 4.78 is 20.0. The molecule has 2 amide bonds. The third-order valence-electron chi connectivity index (χ3n) is 4.70. The van der Waals surface area contributed by atoms with Crippen LogP contribution in [-0.4, -0.2) is 83.8 Å². The summed E-state index contributed by atoms with van der Waals surface area (Å²) >= 11 is 4.94. The van der Waals surface area contributed by atoms with E-state index in [9.17, 15) is 19.1 Å². The van der Waals surface area contributed by atoms with Crippen LogP contribution >= 0.6 is 12.2 Å². The Morgan fingerprint density at radius 1 is 1.45 bits per heavy atom. The van der Waals surface area contributed by atoms with Crippen molar-refractivity contribution in [1.29, 1.82) is 0 Å². The average Bonchev–Trinajstić information content (AvgIpc) is 3.22. The maximum absolute atomic E-state index is 14.7.